The van der Waals surface area contributed by atoms with Gasteiger partial charge in [0.25, 0.3) is 10.0 Å². The molecule has 0 fully saturated rings. The van der Waals surface area contributed by atoms with E-state index in [1.807, 2.05) is 0 Å². The SMILES string of the molecule is Cc1[nH]c(=O)sc1S(=O)(=O)NC(C(=O)O)C(C)C. The van der Waals surface area contributed by atoms with Gasteiger partial charge in [-0.1, -0.05) is 25.2 Å². The molecule has 0 aromatic carbocycles. The maximum absolute atomic E-state index is 12.0. The third-order valence-corrected chi connectivity index (χ3v) is 5.29. The fourth-order valence-corrected chi connectivity index (χ4v) is 3.99. The lowest BCUT2D eigenvalue weighted by atomic mass is 10.1. The average Bonchev–Trinajstić information content (AvgIpc) is 2.54. The quantitative estimate of drug-likeness (QED) is 0.714. The molecule has 0 saturated carbocycles. The number of aromatic amines is 1. The number of carboxylic acids is 1. The highest BCUT2D eigenvalue weighted by atomic mass is 32.2. The molecule has 1 aromatic heterocycles. The van der Waals surface area contributed by atoms with Crippen molar-refractivity contribution in [2.45, 2.75) is 31.0 Å². The number of rotatable bonds is 5. The van der Waals surface area contributed by atoms with Crippen LogP contribution in [0.15, 0.2) is 9.00 Å². The van der Waals surface area contributed by atoms with Gasteiger partial charge in [0.15, 0.2) is 4.21 Å². The van der Waals surface area contributed by atoms with E-state index >= 15 is 0 Å². The molecule has 0 aliphatic carbocycles. The molecule has 0 spiro atoms. The summed E-state index contributed by atoms with van der Waals surface area (Å²) in [5.41, 5.74) is 0.199. The molecule has 18 heavy (non-hydrogen) atoms. The summed E-state index contributed by atoms with van der Waals surface area (Å²) in [7, 11) is -4.00. The molecule has 7 nitrogen and oxygen atoms in total. The summed E-state index contributed by atoms with van der Waals surface area (Å²) in [6.45, 7) is 4.62. The Balaban J connectivity index is 3.12. The first-order chi connectivity index (χ1) is 8.15. The Kier molecular flexibility index (Phi) is 4.30. The zero-order chi connectivity index (χ0) is 14.1. The Morgan fingerprint density at radius 1 is 1.44 bits per heavy atom. The maximum atomic E-state index is 12.0. The highest BCUT2D eigenvalue weighted by Gasteiger charge is 2.30. The van der Waals surface area contributed by atoms with E-state index in [-0.39, 0.29) is 9.90 Å². The summed E-state index contributed by atoms with van der Waals surface area (Å²) in [5, 5.41) is 8.94. The number of aliphatic carboxylic acids is 1. The maximum Gasteiger partial charge on any atom is 0.322 e. The molecule has 0 amide bonds. The second kappa shape index (κ2) is 5.21. The van der Waals surface area contributed by atoms with Gasteiger partial charge < -0.3 is 10.1 Å². The van der Waals surface area contributed by atoms with Crippen LogP contribution in [0.4, 0.5) is 0 Å². The van der Waals surface area contributed by atoms with Crippen LogP contribution in [0.5, 0.6) is 0 Å². The highest BCUT2D eigenvalue weighted by Crippen LogP contribution is 2.17. The fourth-order valence-electron chi connectivity index (χ4n) is 1.34. The number of aryl methyl sites for hydroxylation is 1. The van der Waals surface area contributed by atoms with Crippen LogP contribution in [0.25, 0.3) is 0 Å². The summed E-state index contributed by atoms with van der Waals surface area (Å²) < 4.78 is 25.8. The molecular formula is C9H14N2O5S2. The fraction of sp³-hybridized carbons (Fsp3) is 0.556. The molecule has 1 atom stereocenters. The number of carbonyl (C=O) groups is 1. The van der Waals surface area contributed by atoms with E-state index in [0.717, 1.165) is 0 Å². The Hall–Kier alpha value is -1.19. The van der Waals surface area contributed by atoms with Crippen molar-refractivity contribution in [1.82, 2.24) is 9.71 Å². The van der Waals surface area contributed by atoms with E-state index < -0.39 is 32.8 Å². The third-order valence-electron chi connectivity index (χ3n) is 2.24. The van der Waals surface area contributed by atoms with Crippen LogP contribution in [0, 0.1) is 12.8 Å². The molecule has 3 N–H and O–H groups in total. The van der Waals surface area contributed by atoms with Crippen LogP contribution in [-0.4, -0.2) is 30.5 Å². The van der Waals surface area contributed by atoms with Crippen molar-refractivity contribution in [3.63, 3.8) is 0 Å². The first-order valence-electron chi connectivity index (χ1n) is 5.10. The minimum atomic E-state index is -4.00. The second-order valence-electron chi connectivity index (χ2n) is 4.11. The predicted molar refractivity (Wildman–Crippen MR) is 66.3 cm³/mol. The van der Waals surface area contributed by atoms with Crippen LogP contribution in [0.3, 0.4) is 0 Å². The molecule has 1 unspecified atom stereocenters. The van der Waals surface area contributed by atoms with Gasteiger partial charge in [-0.05, 0) is 12.8 Å². The molecule has 9 heteroatoms. The smallest absolute Gasteiger partial charge is 0.322 e. The van der Waals surface area contributed by atoms with Gasteiger partial charge in [-0.15, -0.1) is 0 Å². The van der Waals surface area contributed by atoms with Gasteiger partial charge in [0.2, 0.25) is 0 Å². The van der Waals surface area contributed by atoms with E-state index in [4.69, 9.17) is 5.11 Å². The third kappa shape index (κ3) is 3.18. The predicted octanol–water partition coefficient (Wildman–Crippen LogP) is 0.132. The van der Waals surface area contributed by atoms with Crippen LogP contribution < -0.4 is 9.60 Å². The van der Waals surface area contributed by atoms with Crippen molar-refractivity contribution < 1.29 is 18.3 Å². The van der Waals surface area contributed by atoms with E-state index in [1.54, 1.807) is 13.8 Å². The van der Waals surface area contributed by atoms with Crippen molar-refractivity contribution in [1.29, 1.82) is 0 Å². The summed E-state index contributed by atoms with van der Waals surface area (Å²) in [6.07, 6.45) is 0. The summed E-state index contributed by atoms with van der Waals surface area (Å²) in [4.78, 5) is 23.9. The van der Waals surface area contributed by atoms with Crippen LogP contribution >= 0.6 is 11.3 Å². The van der Waals surface area contributed by atoms with E-state index in [9.17, 15) is 18.0 Å². The van der Waals surface area contributed by atoms with Gasteiger partial charge in [0.1, 0.15) is 6.04 Å². The average molecular weight is 294 g/mol. The van der Waals surface area contributed by atoms with Gasteiger partial charge in [0, 0.05) is 5.69 Å². The first kappa shape index (κ1) is 14.9. The summed E-state index contributed by atoms with van der Waals surface area (Å²) in [5.74, 6) is -1.66. The van der Waals surface area contributed by atoms with Crippen molar-refractivity contribution in [3.8, 4) is 0 Å². The van der Waals surface area contributed by atoms with Gasteiger partial charge in [-0.2, -0.15) is 4.72 Å². The number of carboxylic acid groups (broad SMARTS) is 1. The van der Waals surface area contributed by atoms with Crippen molar-refractivity contribution in [2.24, 2.45) is 5.92 Å². The minimum absolute atomic E-state index is 0.181. The standard InChI is InChI=1S/C9H14N2O5S2/c1-4(2)6(7(12)13)11-18(15,16)8-5(3)10-9(14)17-8/h4,6,11H,1-3H3,(H,10,14)(H,12,13). The molecule has 0 aliphatic rings. The number of aromatic nitrogens is 1. The van der Waals surface area contributed by atoms with Gasteiger partial charge in [-0.25, -0.2) is 8.42 Å². The molecule has 0 aliphatic heterocycles. The Bertz CT molecular complexity index is 599. The molecular weight excluding hydrogens is 280 g/mol. The lowest BCUT2D eigenvalue weighted by Gasteiger charge is -2.17. The largest absolute Gasteiger partial charge is 0.480 e. The van der Waals surface area contributed by atoms with E-state index in [2.05, 4.69) is 9.71 Å². The zero-order valence-corrected chi connectivity index (χ0v) is 11.7. The number of H-pyrrole nitrogens is 1. The van der Waals surface area contributed by atoms with Gasteiger partial charge in [0.05, 0.1) is 0 Å². The van der Waals surface area contributed by atoms with E-state index in [0.29, 0.717) is 11.3 Å². The van der Waals surface area contributed by atoms with Crippen molar-refractivity contribution >= 4 is 27.3 Å². The van der Waals surface area contributed by atoms with Crippen LogP contribution in [0.1, 0.15) is 19.5 Å². The highest BCUT2D eigenvalue weighted by molar-refractivity contribution is 7.91. The van der Waals surface area contributed by atoms with Gasteiger partial charge >= 0.3 is 10.8 Å². The van der Waals surface area contributed by atoms with Crippen LogP contribution in [0.2, 0.25) is 0 Å². The molecule has 1 rings (SSSR count). The van der Waals surface area contributed by atoms with Crippen LogP contribution in [-0.2, 0) is 14.8 Å². The summed E-state index contributed by atoms with van der Waals surface area (Å²) >= 11 is 0.532. The molecule has 102 valence electrons. The number of sulfonamides is 1. The Morgan fingerprint density at radius 3 is 2.33 bits per heavy atom. The number of thiazole rings is 1. The first-order valence-corrected chi connectivity index (χ1v) is 7.40. The molecule has 0 saturated heterocycles. The molecule has 0 bridgehead atoms. The second-order valence-corrected chi connectivity index (χ2v) is 7.00. The van der Waals surface area contributed by atoms with Crippen molar-refractivity contribution in [3.05, 3.63) is 15.4 Å². The van der Waals surface area contributed by atoms with Crippen molar-refractivity contribution in [2.75, 3.05) is 0 Å². The topological polar surface area (TPSA) is 116 Å². The molecule has 1 heterocycles. The lowest BCUT2D eigenvalue weighted by Crippen LogP contribution is -2.44. The number of hydrogen-bond acceptors (Lipinski definition) is 5. The molecule has 0 radical (unpaired) electrons. The normalized spacial score (nSPS) is 13.8. The minimum Gasteiger partial charge on any atom is -0.480 e. The lowest BCUT2D eigenvalue weighted by molar-refractivity contribution is -0.140. The number of nitrogens with one attached hydrogen (secondary N) is 2. The number of hydrogen-bond donors (Lipinski definition) is 3. The van der Waals surface area contributed by atoms with E-state index in [1.165, 1.54) is 6.92 Å². The zero-order valence-electron chi connectivity index (χ0n) is 10.1. The monoisotopic (exact) mass is 294 g/mol. The Morgan fingerprint density at radius 2 is 2.00 bits per heavy atom. The summed E-state index contributed by atoms with van der Waals surface area (Å²) in [6, 6.07) is -1.23. The Labute approximate surface area is 108 Å². The molecule has 1 aromatic rings. The van der Waals surface area contributed by atoms with Gasteiger partial charge in [-0.3, -0.25) is 9.59 Å².